The van der Waals surface area contributed by atoms with Gasteiger partial charge in [-0.1, -0.05) is 24.3 Å². The Morgan fingerprint density at radius 1 is 0.923 bits per heavy atom. The smallest absolute Gasteiger partial charge is 0.337 e. The molecule has 130 valence electrons. The number of anilines is 3. The third-order valence-corrected chi connectivity index (χ3v) is 3.47. The number of aromatic nitrogens is 2. The van der Waals surface area contributed by atoms with E-state index in [0.717, 1.165) is 5.69 Å². The van der Waals surface area contributed by atoms with Crippen molar-refractivity contribution in [2.45, 2.75) is 0 Å². The van der Waals surface area contributed by atoms with Gasteiger partial charge in [0.2, 0.25) is 0 Å². The first-order valence-electron chi connectivity index (χ1n) is 7.79. The van der Waals surface area contributed by atoms with Crippen LogP contribution in [0.3, 0.4) is 0 Å². The van der Waals surface area contributed by atoms with Crippen molar-refractivity contribution < 1.29 is 14.3 Å². The Balaban J connectivity index is 1.68. The van der Waals surface area contributed by atoms with Gasteiger partial charge < -0.3 is 15.4 Å². The Hall–Kier alpha value is -3.74. The molecule has 7 nitrogen and oxygen atoms in total. The minimum atomic E-state index is -0.475. The number of hydrogen-bond acceptors (Lipinski definition) is 6. The van der Waals surface area contributed by atoms with Crippen LogP contribution in [0.15, 0.2) is 67.0 Å². The second-order valence-corrected chi connectivity index (χ2v) is 5.30. The summed E-state index contributed by atoms with van der Waals surface area (Å²) in [5.41, 5.74) is 1.84. The number of amides is 1. The predicted molar refractivity (Wildman–Crippen MR) is 97.5 cm³/mol. The van der Waals surface area contributed by atoms with Gasteiger partial charge in [-0.25, -0.2) is 14.8 Å². The van der Waals surface area contributed by atoms with Gasteiger partial charge in [-0.05, 0) is 30.3 Å². The average molecular weight is 348 g/mol. The van der Waals surface area contributed by atoms with Crippen LogP contribution in [-0.4, -0.2) is 29.0 Å². The van der Waals surface area contributed by atoms with Crippen LogP contribution in [0.1, 0.15) is 20.8 Å². The van der Waals surface area contributed by atoms with Crippen molar-refractivity contribution in [2.24, 2.45) is 0 Å². The molecule has 0 spiro atoms. The topological polar surface area (TPSA) is 93.2 Å². The minimum Gasteiger partial charge on any atom is -0.465 e. The van der Waals surface area contributed by atoms with E-state index >= 15 is 0 Å². The van der Waals surface area contributed by atoms with E-state index < -0.39 is 11.9 Å². The molecule has 2 aromatic carbocycles. The predicted octanol–water partition coefficient (Wildman–Crippen LogP) is 3.26. The third-order valence-electron chi connectivity index (χ3n) is 3.47. The molecule has 1 aromatic heterocycles. The third kappa shape index (κ3) is 4.21. The van der Waals surface area contributed by atoms with E-state index in [1.165, 1.54) is 25.6 Å². The van der Waals surface area contributed by atoms with E-state index in [2.05, 4.69) is 25.3 Å². The van der Waals surface area contributed by atoms with Crippen LogP contribution in [0, 0.1) is 0 Å². The van der Waals surface area contributed by atoms with Gasteiger partial charge >= 0.3 is 5.97 Å². The standard InChI is InChI=1S/C19H16N4O3/c1-26-19(25)13-6-5-9-15(10-13)23-18(24)16-11-21-17(12-20-16)22-14-7-3-2-4-8-14/h2-12H,1H3,(H,21,22)(H,23,24). The molecule has 1 amide bonds. The van der Waals surface area contributed by atoms with Crippen molar-refractivity contribution in [1.29, 1.82) is 0 Å². The van der Waals surface area contributed by atoms with Crippen molar-refractivity contribution in [3.05, 3.63) is 78.2 Å². The molecule has 0 saturated heterocycles. The van der Waals surface area contributed by atoms with Crippen molar-refractivity contribution in [3.63, 3.8) is 0 Å². The molecule has 3 aromatic rings. The largest absolute Gasteiger partial charge is 0.465 e. The molecule has 0 bridgehead atoms. The van der Waals surface area contributed by atoms with Gasteiger partial charge in [-0.3, -0.25) is 4.79 Å². The quantitative estimate of drug-likeness (QED) is 0.688. The number of carbonyl (C=O) groups is 2. The maximum Gasteiger partial charge on any atom is 0.337 e. The van der Waals surface area contributed by atoms with Crippen LogP contribution in [-0.2, 0) is 4.74 Å². The molecule has 3 rings (SSSR count). The summed E-state index contributed by atoms with van der Waals surface area (Å²) in [6.45, 7) is 0. The summed E-state index contributed by atoms with van der Waals surface area (Å²) in [6.07, 6.45) is 2.86. The van der Waals surface area contributed by atoms with Gasteiger partial charge in [0.25, 0.3) is 5.91 Å². The molecule has 0 radical (unpaired) electrons. The summed E-state index contributed by atoms with van der Waals surface area (Å²) in [4.78, 5) is 32.1. The zero-order valence-electron chi connectivity index (χ0n) is 14.0. The van der Waals surface area contributed by atoms with E-state index in [-0.39, 0.29) is 5.69 Å². The lowest BCUT2D eigenvalue weighted by Gasteiger charge is -2.07. The van der Waals surface area contributed by atoms with Gasteiger partial charge in [0.05, 0.1) is 25.1 Å². The molecule has 0 fully saturated rings. The molecular formula is C19H16N4O3. The van der Waals surface area contributed by atoms with Crippen LogP contribution < -0.4 is 10.6 Å². The lowest BCUT2D eigenvalue weighted by Crippen LogP contribution is -2.14. The second kappa shape index (κ2) is 7.89. The highest BCUT2D eigenvalue weighted by molar-refractivity contribution is 6.03. The molecule has 0 unspecified atom stereocenters. The summed E-state index contributed by atoms with van der Waals surface area (Å²) in [5.74, 6) is -0.372. The Labute approximate surface area is 150 Å². The van der Waals surface area contributed by atoms with Gasteiger partial charge in [0, 0.05) is 11.4 Å². The van der Waals surface area contributed by atoms with Crippen molar-refractivity contribution in [2.75, 3.05) is 17.7 Å². The number of nitrogens with zero attached hydrogens (tertiary/aromatic N) is 2. The number of esters is 1. The van der Waals surface area contributed by atoms with Crippen molar-refractivity contribution in [1.82, 2.24) is 9.97 Å². The maximum atomic E-state index is 12.3. The molecule has 1 heterocycles. The first-order chi connectivity index (χ1) is 12.7. The summed E-state index contributed by atoms with van der Waals surface area (Å²) < 4.78 is 4.66. The Kier molecular flexibility index (Phi) is 5.19. The zero-order chi connectivity index (χ0) is 18.4. The molecule has 0 aliphatic carbocycles. The number of para-hydroxylation sites is 1. The fourth-order valence-electron chi connectivity index (χ4n) is 2.22. The van der Waals surface area contributed by atoms with E-state index in [4.69, 9.17) is 0 Å². The van der Waals surface area contributed by atoms with Gasteiger partial charge in [0.15, 0.2) is 0 Å². The summed E-state index contributed by atoms with van der Waals surface area (Å²) in [5, 5.41) is 5.77. The molecule has 2 N–H and O–H groups in total. The highest BCUT2D eigenvalue weighted by Crippen LogP contribution is 2.14. The fraction of sp³-hybridized carbons (Fsp3) is 0.0526. The summed E-state index contributed by atoms with van der Waals surface area (Å²) in [7, 11) is 1.30. The maximum absolute atomic E-state index is 12.3. The van der Waals surface area contributed by atoms with Crippen LogP contribution in [0.4, 0.5) is 17.2 Å². The lowest BCUT2D eigenvalue weighted by atomic mass is 10.2. The normalized spacial score (nSPS) is 10.0. The number of ether oxygens (including phenoxy) is 1. The average Bonchev–Trinajstić information content (AvgIpc) is 2.69. The number of benzene rings is 2. The van der Waals surface area contributed by atoms with Crippen molar-refractivity contribution >= 4 is 29.1 Å². The lowest BCUT2D eigenvalue weighted by molar-refractivity contribution is 0.0600. The monoisotopic (exact) mass is 348 g/mol. The molecular weight excluding hydrogens is 332 g/mol. The molecule has 0 aliphatic heterocycles. The SMILES string of the molecule is COC(=O)c1cccc(NC(=O)c2cnc(Nc3ccccc3)cn2)c1. The van der Waals surface area contributed by atoms with Gasteiger partial charge in [0.1, 0.15) is 11.5 Å². The molecule has 0 aliphatic rings. The summed E-state index contributed by atoms with van der Waals surface area (Å²) in [6, 6.07) is 16.0. The Morgan fingerprint density at radius 3 is 2.38 bits per heavy atom. The Bertz CT molecular complexity index is 912. The highest BCUT2D eigenvalue weighted by atomic mass is 16.5. The molecule has 26 heavy (non-hydrogen) atoms. The number of rotatable bonds is 5. The number of hydrogen-bond donors (Lipinski definition) is 2. The first kappa shape index (κ1) is 17.1. The van der Waals surface area contributed by atoms with Crippen molar-refractivity contribution in [3.8, 4) is 0 Å². The van der Waals surface area contributed by atoms with E-state index in [9.17, 15) is 9.59 Å². The van der Waals surface area contributed by atoms with E-state index in [0.29, 0.717) is 17.1 Å². The number of methoxy groups -OCH3 is 1. The first-order valence-corrected chi connectivity index (χ1v) is 7.79. The Morgan fingerprint density at radius 2 is 1.69 bits per heavy atom. The van der Waals surface area contributed by atoms with Crippen LogP contribution in [0.5, 0.6) is 0 Å². The van der Waals surface area contributed by atoms with Crippen LogP contribution >= 0.6 is 0 Å². The van der Waals surface area contributed by atoms with Crippen LogP contribution in [0.2, 0.25) is 0 Å². The van der Waals surface area contributed by atoms with E-state index in [1.54, 1.807) is 18.2 Å². The molecule has 0 atom stereocenters. The van der Waals surface area contributed by atoms with Gasteiger partial charge in [-0.2, -0.15) is 0 Å². The summed E-state index contributed by atoms with van der Waals surface area (Å²) >= 11 is 0. The zero-order valence-corrected chi connectivity index (χ0v) is 14.0. The molecule has 7 heteroatoms. The number of nitrogens with one attached hydrogen (secondary N) is 2. The fourth-order valence-corrected chi connectivity index (χ4v) is 2.22. The molecule has 0 saturated carbocycles. The second-order valence-electron chi connectivity index (χ2n) is 5.30. The van der Waals surface area contributed by atoms with E-state index in [1.807, 2.05) is 30.3 Å². The highest BCUT2D eigenvalue weighted by Gasteiger charge is 2.11. The minimum absolute atomic E-state index is 0.159. The van der Waals surface area contributed by atoms with Crippen LogP contribution in [0.25, 0.3) is 0 Å². The number of carbonyl (C=O) groups excluding carboxylic acids is 2. The van der Waals surface area contributed by atoms with Gasteiger partial charge in [-0.15, -0.1) is 0 Å².